The second-order valence-electron chi connectivity index (χ2n) is 6.91. The zero-order chi connectivity index (χ0) is 20.3. The Bertz CT molecular complexity index is 953. The van der Waals surface area contributed by atoms with Crippen molar-refractivity contribution in [2.45, 2.75) is 31.2 Å². The van der Waals surface area contributed by atoms with E-state index in [1.54, 1.807) is 0 Å². The number of benzene rings is 1. The molecule has 152 valence electrons. The van der Waals surface area contributed by atoms with Crippen LogP contribution in [0.2, 0.25) is 5.02 Å². The van der Waals surface area contributed by atoms with E-state index in [2.05, 4.69) is 26.8 Å². The number of sulfonamides is 1. The minimum absolute atomic E-state index is 0.0540. The van der Waals surface area contributed by atoms with Crippen molar-refractivity contribution in [3.63, 3.8) is 0 Å². The summed E-state index contributed by atoms with van der Waals surface area (Å²) in [6.45, 7) is 5.17. The number of rotatable bonds is 6. The van der Waals surface area contributed by atoms with E-state index in [-0.39, 0.29) is 15.5 Å². The third-order valence-electron chi connectivity index (χ3n) is 4.79. The number of piperidine rings is 1. The Kier molecular flexibility index (Phi) is 6.72. The number of carbonyl (C=O) groups excluding carboxylic acids is 1. The summed E-state index contributed by atoms with van der Waals surface area (Å²) >= 11 is 7.32. The molecule has 0 atom stereocenters. The molecule has 28 heavy (non-hydrogen) atoms. The average Bonchev–Trinajstić information content (AvgIpc) is 3.10. The molecule has 3 rings (SSSR count). The number of amides is 1. The van der Waals surface area contributed by atoms with Crippen LogP contribution in [0.3, 0.4) is 0 Å². The normalized spacial score (nSPS) is 16.2. The number of likely N-dealkylation sites (tertiary alicyclic amines) is 1. The molecule has 2 N–H and O–H groups in total. The lowest BCUT2D eigenvalue weighted by atomic mass is 9.99. The lowest BCUT2D eigenvalue weighted by Gasteiger charge is -2.29. The van der Waals surface area contributed by atoms with E-state index in [4.69, 9.17) is 11.6 Å². The monoisotopic (exact) mass is 442 g/mol. The quantitative estimate of drug-likeness (QED) is 0.716. The van der Waals surface area contributed by atoms with E-state index in [1.807, 2.05) is 5.38 Å². The lowest BCUT2D eigenvalue weighted by Crippen LogP contribution is -2.32. The fourth-order valence-corrected chi connectivity index (χ4v) is 4.96. The number of hydrogen-bond acceptors (Lipinski definition) is 6. The Labute approximate surface area is 174 Å². The summed E-state index contributed by atoms with van der Waals surface area (Å²) in [6, 6.07) is 4.13. The molecule has 1 amide bonds. The van der Waals surface area contributed by atoms with Crippen molar-refractivity contribution < 1.29 is 13.2 Å². The second kappa shape index (κ2) is 8.87. The van der Waals surface area contributed by atoms with Gasteiger partial charge in [0.25, 0.3) is 5.91 Å². The van der Waals surface area contributed by atoms with Crippen LogP contribution in [0.1, 0.15) is 35.8 Å². The number of halogens is 1. The number of anilines is 1. The SMILES string of the molecule is CNS(=O)(=O)c1cc(C(=O)Nc2nc(CN3CCC(C)CC3)cs2)ccc1Cl. The summed E-state index contributed by atoms with van der Waals surface area (Å²) in [4.78, 5) is 19.2. The van der Waals surface area contributed by atoms with Crippen molar-refractivity contribution in [3.8, 4) is 0 Å². The maximum absolute atomic E-state index is 12.5. The Morgan fingerprint density at radius 3 is 2.75 bits per heavy atom. The predicted octanol–water partition coefficient (Wildman–Crippen LogP) is 3.19. The molecule has 1 saturated heterocycles. The van der Waals surface area contributed by atoms with E-state index < -0.39 is 15.9 Å². The molecule has 2 aromatic rings. The van der Waals surface area contributed by atoms with Crippen molar-refractivity contribution in [1.82, 2.24) is 14.6 Å². The Balaban J connectivity index is 1.67. The van der Waals surface area contributed by atoms with Crippen LogP contribution in [0.4, 0.5) is 5.13 Å². The lowest BCUT2D eigenvalue weighted by molar-refractivity contribution is 0.102. The van der Waals surface area contributed by atoms with Gasteiger partial charge < -0.3 is 0 Å². The van der Waals surface area contributed by atoms with Crippen LogP contribution in [-0.4, -0.2) is 44.3 Å². The van der Waals surface area contributed by atoms with Gasteiger partial charge >= 0.3 is 0 Å². The highest BCUT2D eigenvalue weighted by Gasteiger charge is 2.20. The van der Waals surface area contributed by atoms with Crippen molar-refractivity contribution in [1.29, 1.82) is 0 Å². The Morgan fingerprint density at radius 1 is 1.36 bits per heavy atom. The third kappa shape index (κ3) is 5.09. The molecule has 1 aliphatic heterocycles. The molecule has 1 aromatic heterocycles. The zero-order valence-corrected chi connectivity index (χ0v) is 18.1. The minimum atomic E-state index is -3.75. The van der Waals surface area contributed by atoms with E-state index in [9.17, 15) is 13.2 Å². The van der Waals surface area contributed by atoms with Gasteiger partial charge in [0.1, 0.15) is 4.90 Å². The molecule has 1 fully saturated rings. The first-order valence-electron chi connectivity index (χ1n) is 8.99. The standard InChI is InChI=1S/C18H23ClN4O3S2/c1-12-5-7-23(8-6-12)10-14-11-27-18(21-14)22-17(24)13-3-4-15(19)16(9-13)28(25,26)20-2/h3-4,9,11-12,20H,5-8,10H2,1-2H3,(H,21,22,24). The summed E-state index contributed by atoms with van der Waals surface area (Å²) < 4.78 is 26.3. The van der Waals surface area contributed by atoms with Gasteiger partial charge in [0.15, 0.2) is 5.13 Å². The Hall–Kier alpha value is -1.52. The fraction of sp³-hybridized carbons (Fsp3) is 0.444. The van der Waals surface area contributed by atoms with Gasteiger partial charge in [-0.25, -0.2) is 18.1 Å². The van der Waals surface area contributed by atoms with Gasteiger partial charge in [-0.2, -0.15) is 0 Å². The molecule has 0 radical (unpaired) electrons. The Morgan fingerprint density at radius 2 is 2.07 bits per heavy atom. The fourth-order valence-electron chi connectivity index (χ4n) is 3.02. The first-order valence-corrected chi connectivity index (χ1v) is 11.7. The number of thiazole rings is 1. The highest BCUT2D eigenvalue weighted by atomic mass is 35.5. The maximum Gasteiger partial charge on any atom is 0.257 e. The van der Waals surface area contributed by atoms with Crippen LogP contribution in [0, 0.1) is 5.92 Å². The van der Waals surface area contributed by atoms with Gasteiger partial charge in [-0.05, 0) is 57.1 Å². The van der Waals surface area contributed by atoms with Crippen molar-refractivity contribution >= 4 is 44.0 Å². The number of nitrogens with one attached hydrogen (secondary N) is 2. The molecule has 1 aliphatic rings. The average molecular weight is 443 g/mol. The molecule has 0 saturated carbocycles. The summed E-state index contributed by atoms with van der Waals surface area (Å²) in [6.07, 6.45) is 2.39. The molecule has 2 heterocycles. The smallest absolute Gasteiger partial charge is 0.257 e. The zero-order valence-electron chi connectivity index (χ0n) is 15.7. The number of aromatic nitrogens is 1. The summed E-state index contributed by atoms with van der Waals surface area (Å²) in [5, 5.41) is 5.21. The summed E-state index contributed by atoms with van der Waals surface area (Å²) in [5.41, 5.74) is 1.12. The van der Waals surface area contributed by atoms with Crippen LogP contribution >= 0.6 is 22.9 Å². The van der Waals surface area contributed by atoms with Crippen LogP contribution < -0.4 is 10.0 Å². The maximum atomic E-state index is 12.5. The molecule has 10 heteroatoms. The summed E-state index contributed by atoms with van der Waals surface area (Å²) in [5.74, 6) is 0.342. The molecule has 7 nitrogen and oxygen atoms in total. The van der Waals surface area contributed by atoms with Crippen LogP contribution in [0.25, 0.3) is 0 Å². The van der Waals surface area contributed by atoms with Crippen molar-refractivity contribution in [3.05, 3.63) is 39.9 Å². The van der Waals surface area contributed by atoms with Crippen LogP contribution in [-0.2, 0) is 16.6 Å². The summed E-state index contributed by atoms with van der Waals surface area (Å²) in [7, 11) is -2.46. The minimum Gasteiger partial charge on any atom is -0.298 e. The first-order chi connectivity index (χ1) is 13.3. The van der Waals surface area contributed by atoms with Crippen LogP contribution in [0.5, 0.6) is 0 Å². The number of nitrogens with zero attached hydrogens (tertiary/aromatic N) is 2. The molecular formula is C18H23ClN4O3S2. The van der Waals surface area contributed by atoms with Gasteiger partial charge in [-0.3, -0.25) is 15.0 Å². The van der Waals surface area contributed by atoms with Gasteiger partial charge in [0.05, 0.1) is 10.7 Å². The molecule has 0 aliphatic carbocycles. The highest BCUT2D eigenvalue weighted by Crippen LogP contribution is 2.24. The van der Waals surface area contributed by atoms with E-state index in [0.29, 0.717) is 5.13 Å². The van der Waals surface area contributed by atoms with Crippen molar-refractivity contribution in [2.24, 2.45) is 5.92 Å². The van der Waals surface area contributed by atoms with E-state index in [0.717, 1.165) is 31.2 Å². The second-order valence-corrected chi connectivity index (χ2v) is 10.0. The third-order valence-corrected chi connectivity index (χ3v) is 7.49. The predicted molar refractivity (Wildman–Crippen MR) is 111 cm³/mol. The van der Waals surface area contributed by atoms with Gasteiger partial charge in [0, 0.05) is 17.5 Å². The topological polar surface area (TPSA) is 91.4 Å². The van der Waals surface area contributed by atoms with Crippen molar-refractivity contribution in [2.75, 3.05) is 25.5 Å². The highest BCUT2D eigenvalue weighted by molar-refractivity contribution is 7.89. The molecule has 0 bridgehead atoms. The van der Waals surface area contributed by atoms with Gasteiger partial charge in [0.2, 0.25) is 10.0 Å². The first kappa shape index (κ1) is 21.2. The molecule has 1 aromatic carbocycles. The molecular weight excluding hydrogens is 420 g/mol. The number of carbonyl (C=O) groups is 1. The van der Waals surface area contributed by atoms with E-state index >= 15 is 0 Å². The largest absolute Gasteiger partial charge is 0.298 e. The van der Waals surface area contributed by atoms with Gasteiger partial charge in [-0.15, -0.1) is 11.3 Å². The van der Waals surface area contributed by atoms with Gasteiger partial charge in [-0.1, -0.05) is 18.5 Å². The van der Waals surface area contributed by atoms with E-state index in [1.165, 1.54) is 49.4 Å². The number of hydrogen-bond donors (Lipinski definition) is 2. The molecule has 0 unspecified atom stereocenters. The molecule has 0 spiro atoms. The van der Waals surface area contributed by atoms with Crippen LogP contribution in [0.15, 0.2) is 28.5 Å².